The zero-order valence-corrected chi connectivity index (χ0v) is 19.9. The summed E-state index contributed by atoms with van der Waals surface area (Å²) in [6.45, 7) is 8.01. The second-order valence-corrected chi connectivity index (χ2v) is 11.4. The summed E-state index contributed by atoms with van der Waals surface area (Å²) in [5, 5.41) is 0.771. The lowest BCUT2D eigenvalue weighted by atomic mass is 10.1. The van der Waals surface area contributed by atoms with E-state index in [9.17, 15) is 13.2 Å². The van der Waals surface area contributed by atoms with E-state index in [1.54, 1.807) is 6.20 Å². The summed E-state index contributed by atoms with van der Waals surface area (Å²) < 4.78 is 27.8. The van der Waals surface area contributed by atoms with E-state index in [1.165, 1.54) is 22.9 Å². The van der Waals surface area contributed by atoms with Crippen molar-refractivity contribution in [3.05, 3.63) is 64.7 Å². The van der Waals surface area contributed by atoms with E-state index in [0.717, 1.165) is 22.2 Å². The van der Waals surface area contributed by atoms with Gasteiger partial charge in [0.1, 0.15) is 0 Å². The van der Waals surface area contributed by atoms with E-state index in [4.69, 9.17) is 0 Å². The number of carbonyl (C=O) groups excluding carboxylic acids is 1. The number of imidazole rings is 1. The van der Waals surface area contributed by atoms with Crippen molar-refractivity contribution in [3.63, 3.8) is 0 Å². The molecule has 1 aliphatic heterocycles. The van der Waals surface area contributed by atoms with Crippen LogP contribution >= 0.6 is 11.8 Å². The van der Waals surface area contributed by atoms with Gasteiger partial charge in [-0.05, 0) is 63.4 Å². The monoisotopic (exact) mass is 457 g/mol. The number of sulfone groups is 1. The number of carbonyl (C=O) groups is 1. The van der Waals surface area contributed by atoms with Crippen molar-refractivity contribution in [1.82, 2.24) is 14.1 Å². The van der Waals surface area contributed by atoms with Crippen molar-refractivity contribution < 1.29 is 13.2 Å². The number of aryl methyl sites for hydroxylation is 3. The average Bonchev–Trinajstić information content (AvgIpc) is 3.39. The molecule has 1 aromatic carbocycles. The first-order valence-corrected chi connectivity index (χ1v) is 13.1. The van der Waals surface area contributed by atoms with E-state index in [-0.39, 0.29) is 29.1 Å². The fourth-order valence-electron chi connectivity index (χ4n) is 4.28. The van der Waals surface area contributed by atoms with E-state index >= 15 is 0 Å². The molecular formula is C23H27N3O3S2. The SMILES string of the molecule is Cc1ccc(-n2ccnc2SCC(=O)c2cc(C)n(C3CCS(=O)(=O)C3)c2C)cc1C. The van der Waals surface area contributed by atoms with Crippen LogP contribution in [0.25, 0.3) is 5.69 Å². The van der Waals surface area contributed by atoms with Crippen molar-refractivity contribution in [1.29, 1.82) is 0 Å². The van der Waals surface area contributed by atoms with Crippen LogP contribution in [0, 0.1) is 27.7 Å². The Balaban J connectivity index is 1.51. The third-order valence-corrected chi connectivity index (χ3v) is 8.78. The van der Waals surface area contributed by atoms with E-state index in [0.29, 0.717) is 12.0 Å². The normalized spacial score (nSPS) is 17.9. The summed E-state index contributed by atoms with van der Waals surface area (Å²) in [5.74, 6) is 0.670. The minimum Gasteiger partial charge on any atom is -0.344 e. The van der Waals surface area contributed by atoms with Crippen LogP contribution in [0.3, 0.4) is 0 Å². The Labute approximate surface area is 187 Å². The van der Waals surface area contributed by atoms with Gasteiger partial charge in [0.05, 0.1) is 17.3 Å². The Bertz CT molecular complexity index is 1260. The molecule has 3 heterocycles. The molecule has 164 valence electrons. The number of ketones is 1. The Morgan fingerprint density at radius 2 is 1.94 bits per heavy atom. The zero-order chi connectivity index (χ0) is 22.3. The van der Waals surface area contributed by atoms with Crippen LogP contribution in [-0.2, 0) is 9.84 Å². The lowest BCUT2D eigenvalue weighted by Crippen LogP contribution is -2.14. The van der Waals surface area contributed by atoms with Crippen LogP contribution in [0.4, 0.5) is 0 Å². The molecule has 0 saturated carbocycles. The predicted molar refractivity (Wildman–Crippen MR) is 124 cm³/mol. The lowest BCUT2D eigenvalue weighted by molar-refractivity contribution is 0.102. The van der Waals surface area contributed by atoms with Crippen molar-refractivity contribution in [2.45, 2.75) is 45.3 Å². The van der Waals surface area contributed by atoms with Crippen molar-refractivity contribution in [2.75, 3.05) is 17.3 Å². The topological polar surface area (TPSA) is 74.0 Å². The van der Waals surface area contributed by atoms with Crippen LogP contribution in [0.2, 0.25) is 0 Å². The summed E-state index contributed by atoms with van der Waals surface area (Å²) in [6.07, 6.45) is 4.26. The van der Waals surface area contributed by atoms with Gasteiger partial charge in [0.15, 0.2) is 20.8 Å². The number of rotatable bonds is 6. The maximum atomic E-state index is 13.0. The zero-order valence-electron chi connectivity index (χ0n) is 18.3. The van der Waals surface area contributed by atoms with Gasteiger partial charge < -0.3 is 4.57 Å². The summed E-state index contributed by atoms with van der Waals surface area (Å²) in [7, 11) is -2.99. The van der Waals surface area contributed by atoms with E-state index in [2.05, 4.69) is 37.0 Å². The Morgan fingerprint density at radius 3 is 2.61 bits per heavy atom. The first-order valence-electron chi connectivity index (χ1n) is 10.3. The van der Waals surface area contributed by atoms with Gasteiger partial charge in [0.25, 0.3) is 0 Å². The number of nitrogens with zero attached hydrogens (tertiary/aromatic N) is 3. The number of aromatic nitrogens is 3. The minimum absolute atomic E-state index is 0.0276. The van der Waals surface area contributed by atoms with Gasteiger partial charge in [-0.2, -0.15) is 0 Å². The molecule has 8 heteroatoms. The molecule has 1 unspecified atom stereocenters. The fraction of sp³-hybridized carbons (Fsp3) is 0.391. The maximum absolute atomic E-state index is 13.0. The number of hydrogen-bond acceptors (Lipinski definition) is 5. The molecule has 1 saturated heterocycles. The van der Waals surface area contributed by atoms with Crippen LogP contribution in [0.1, 0.15) is 45.3 Å². The molecule has 4 rings (SSSR count). The van der Waals surface area contributed by atoms with Crippen molar-refractivity contribution in [2.24, 2.45) is 0 Å². The number of hydrogen-bond donors (Lipinski definition) is 0. The number of benzene rings is 1. The number of Topliss-reactive ketones (excluding diaryl/α,β-unsaturated/α-hetero) is 1. The fourth-order valence-corrected chi connectivity index (χ4v) is 6.83. The molecule has 0 amide bonds. The Morgan fingerprint density at radius 1 is 1.16 bits per heavy atom. The van der Waals surface area contributed by atoms with E-state index < -0.39 is 9.84 Å². The molecule has 0 bridgehead atoms. The Hall–Kier alpha value is -2.32. The van der Waals surface area contributed by atoms with Crippen molar-refractivity contribution in [3.8, 4) is 5.69 Å². The Kier molecular flexibility index (Phi) is 5.87. The molecule has 1 atom stereocenters. The number of thioether (sulfide) groups is 1. The van der Waals surface area contributed by atoms with Gasteiger partial charge in [0.2, 0.25) is 0 Å². The third kappa shape index (κ3) is 4.36. The van der Waals surface area contributed by atoms with E-state index in [1.807, 2.05) is 35.2 Å². The summed E-state index contributed by atoms with van der Waals surface area (Å²) in [5.41, 5.74) is 5.92. The van der Waals surface area contributed by atoms with Gasteiger partial charge in [0, 0.05) is 41.1 Å². The quantitative estimate of drug-likeness (QED) is 0.409. The van der Waals surface area contributed by atoms with Crippen LogP contribution in [-0.4, -0.2) is 45.6 Å². The highest BCUT2D eigenvalue weighted by atomic mass is 32.2. The first-order chi connectivity index (χ1) is 14.7. The highest BCUT2D eigenvalue weighted by Crippen LogP contribution is 2.30. The predicted octanol–water partition coefficient (Wildman–Crippen LogP) is 4.24. The molecule has 0 radical (unpaired) electrons. The van der Waals surface area contributed by atoms with Gasteiger partial charge in [-0.15, -0.1) is 0 Å². The minimum atomic E-state index is -2.99. The molecule has 2 aromatic heterocycles. The van der Waals surface area contributed by atoms with Gasteiger partial charge >= 0.3 is 0 Å². The van der Waals surface area contributed by atoms with Crippen LogP contribution in [0.5, 0.6) is 0 Å². The molecule has 31 heavy (non-hydrogen) atoms. The maximum Gasteiger partial charge on any atom is 0.175 e. The summed E-state index contributed by atoms with van der Waals surface area (Å²) in [6, 6.07) is 8.06. The van der Waals surface area contributed by atoms with Gasteiger partial charge in [-0.3, -0.25) is 9.36 Å². The van der Waals surface area contributed by atoms with Crippen molar-refractivity contribution >= 4 is 27.4 Å². The molecular weight excluding hydrogens is 430 g/mol. The summed E-state index contributed by atoms with van der Waals surface area (Å²) >= 11 is 1.41. The molecule has 0 N–H and O–H groups in total. The second-order valence-electron chi connectivity index (χ2n) is 8.27. The van der Waals surface area contributed by atoms with Crippen LogP contribution in [0.15, 0.2) is 41.8 Å². The lowest BCUT2D eigenvalue weighted by Gasteiger charge is -2.16. The molecule has 0 aliphatic carbocycles. The molecule has 6 nitrogen and oxygen atoms in total. The molecule has 0 spiro atoms. The second kappa shape index (κ2) is 8.31. The average molecular weight is 458 g/mol. The standard InChI is InChI=1S/C23H27N3O3S2/c1-15-5-6-19(11-16(15)2)25-9-8-24-23(25)30-13-22(27)21-12-17(3)26(18(21)4)20-7-10-31(28,29)14-20/h5-6,8-9,11-12,20H,7,10,13-14H2,1-4H3. The third-order valence-electron chi connectivity index (χ3n) is 6.07. The first kappa shape index (κ1) is 21.9. The van der Waals surface area contributed by atoms with Crippen LogP contribution < -0.4 is 0 Å². The molecule has 3 aromatic rings. The highest BCUT2D eigenvalue weighted by molar-refractivity contribution is 7.99. The largest absolute Gasteiger partial charge is 0.344 e. The van der Waals surface area contributed by atoms with Gasteiger partial charge in [-0.25, -0.2) is 13.4 Å². The smallest absolute Gasteiger partial charge is 0.175 e. The summed E-state index contributed by atoms with van der Waals surface area (Å²) in [4.78, 5) is 17.5. The van der Waals surface area contributed by atoms with Gasteiger partial charge in [-0.1, -0.05) is 17.8 Å². The highest BCUT2D eigenvalue weighted by Gasteiger charge is 2.31. The molecule has 1 fully saturated rings. The molecule has 1 aliphatic rings.